The molecule has 3 rings (SSSR count). The SMILES string of the molecule is CC(O)C1CCN(Cc2noc(-c3ccsc3)n2)CC1. The third-order valence-electron chi connectivity index (χ3n) is 3.92. The monoisotopic (exact) mass is 293 g/mol. The Labute approximate surface area is 122 Å². The molecule has 1 aliphatic rings. The topological polar surface area (TPSA) is 62.4 Å². The van der Waals surface area contributed by atoms with Crippen molar-refractivity contribution >= 4 is 11.3 Å². The van der Waals surface area contributed by atoms with Crippen LogP contribution >= 0.6 is 11.3 Å². The number of likely N-dealkylation sites (tertiary alicyclic amines) is 1. The van der Waals surface area contributed by atoms with Gasteiger partial charge in [0.2, 0.25) is 0 Å². The number of hydrogen-bond donors (Lipinski definition) is 1. The molecular formula is C14H19N3O2S. The van der Waals surface area contributed by atoms with Crippen molar-refractivity contribution < 1.29 is 9.63 Å². The van der Waals surface area contributed by atoms with E-state index in [1.54, 1.807) is 11.3 Å². The lowest BCUT2D eigenvalue weighted by molar-refractivity contribution is 0.0684. The lowest BCUT2D eigenvalue weighted by Crippen LogP contribution is -2.36. The van der Waals surface area contributed by atoms with Crippen LogP contribution in [0.25, 0.3) is 11.5 Å². The normalized spacial score (nSPS) is 19.3. The number of hydrogen-bond acceptors (Lipinski definition) is 6. The molecule has 2 aromatic rings. The summed E-state index contributed by atoms with van der Waals surface area (Å²) in [5, 5.41) is 17.7. The molecule has 1 aliphatic heterocycles. The largest absolute Gasteiger partial charge is 0.393 e. The summed E-state index contributed by atoms with van der Waals surface area (Å²) in [4.78, 5) is 6.76. The first-order valence-corrected chi connectivity index (χ1v) is 7.92. The zero-order valence-electron chi connectivity index (χ0n) is 11.5. The van der Waals surface area contributed by atoms with Crippen LogP contribution in [0, 0.1) is 5.92 Å². The molecule has 0 spiro atoms. The Morgan fingerprint density at radius 3 is 2.95 bits per heavy atom. The minimum Gasteiger partial charge on any atom is -0.393 e. The smallest absolute Gasteiger partial charge is 0.258 e. The minimum absolute atomic E-state index is 0.201. The van der Waals surface area contributed by atoms with E-state index in [0.717, 1.165) is 43.9 Å². The first-order valence-electron chi connectivity index (χ1n) is 6.98. The van der Waals surface area contributed by atoms with Gasteiger partial charge >= 0.3 is 0 Å². The summed E-state index contributed by atoms with van der Waals surface area (Å²) in [5.74, 6) is 1.76. The van der Waals surface area contributed by atoms with Gasteiger partial charge in [-0.3, -0.25) is 4.90 Å². The lowest BCUT2D eigenvalue weighted by atomic mass is 9.92. The third-order valence-corrected chi connectivity index (χ3v) is 4.60. The van der Waals surface area contributed by atoms with E-state index in [-0.39, 0.29) is 6.10 Å². The van der Waals surface area contributed by atoms with Gasteiger partial charge in [0.15, 0.2) is 5.82 Å². The Kier molecular flexibility index (Phi) is 4.14. The summed E-state index contributed by atoms with van der Waals surface area (Å²) in [5.41, 5.74) is 0.988. The number of rotatable bonds is 4. The number of aliphatic hydroxyl groups excluding tert-OH is 1. The maximum Gasteiger partial charge on any atom is 0.258 e. The molecule has 1 unspecified atom stereocenters. The number of nitrogens with zero attached hydrogens (tertiary/aromatic N) is 3. The van der Waals surface area contributed by atoms with Gasteiger partial charge in [0, 0.05) is 5.38 Å². The van der Waals surface area contributed by atoms with Crippen LogP contribution in [0.2, 0.25) is 0 Å². The predicted molar refractivity (Wildman–Crippen MR) is 77.3 cm³/mol. The first-order chi connectivity index (χ1) is 9.72. The Balaban J connectivity index is 1.57. The number of piperidine rings is 1. The predicted octanol–water partition coefficient (Wildman–Crippen LogP) is 2.39. The Bertz CT molecular complexity index is 530. The van der Waals surface area contributed by atoms with Crippen LogP contribution in [0.4, 0.5) is 0 Å². The van der Waals surface area contributed by atoms with Crippen molar-refractivity contribution in [3.05, 3.63) is 22.7 Å². The summed E-state index contributed by atoms with van der Waals surface area (Å²) >= 11 is 1.62. The molecule has 2 aromatic heterocycles. The molecule has 1 fully saturated rings. The Morgan fingerprint density at radius 1 is 1.50 bits per heavy atom. The number of aliphatic hydroxyl groups is 1. The molecule has 1 atom stereocenters. The summed E-state index contributed by atoms with van der Waals surface area (Å²) in [7, 11) is 0. The van der Waals surface area contributed by atoms with E-state index in [0.29, 0.717) is 11.8 Å². The van der Waals surface area contributed by atoms with Crippen LogP contribution < -0.4 is 0 Å². The van der Waals surface area contributed by atoms with Crippen molar-refractivity contribution in [3.8, 4) is 11.5 Å². The number of thiophene rings is 1. The van der Waals surface area contributed by atoms with Crippen molar-refractivity contribution in [1.29, 1.82) is 0 Å². The molecule has 0 aliphatic carbocycles. The molecular weight excluding hydrogens is 274 g/mol. The van der Waals surface area contributed by atoms with E-state index in [1.165, 1.54) is 0 Å². The van der Waals surface area contributed by atoms with Crippen LogP contribution in [0.1, 0.15) is 25.6 Å². The van der Waals surface area contributed by atoms with Crippen LogP contribution in [0.3, 0.4) is 0 Å². The summed E-state index contributed by atoms with van der Waals surface area (Å²) in [6, 6.07) is 1.98. The molecule has 0 amide bonds. The summed E-state index contributed by atoms with van der Waals surface area (Å²) in [6.07, 6.45) is 1.87. The highest BCUT2D eigenvalue weighted by atomic mass is 32.1. The molecule has 0 saturated carbocycles. The third kappa shape index (κ3) is 3.08. The van der Waals surface area contributed by atoms with Gasteiger partial charge in [-0.15, -0.1) is 0 Å². The van der Waals surface area contributed by atoms with Crippen molar-refractivity contribution in [3.63, 3.8) is 0 Å². The quantitative estimate of drug-likeness (QED) is 0.938. The zero-order valence-corrected chi connectivity index (χ0v) is 12.3. The second-order valence-corrected chi connectivity index (χ2v) is 6.16. The van der Waals surface area contributed by atoms with E-state index in [2.05, 4.69) is 15.0 Å². The zero-order chi connectivity index (χ0) is 13.9. The second kappa shape index (κ2) is 6.03. The van der Waals surface area contributed by atoms with Gasteiger partial charge in [-0.25, -0.2) is 0 Å². The average Bonchev–Trinajstić information content (AvgIpc) is 3.09. The van der Waals surface area contributed by atoms with E-state index >= 15 is 0 Å². The highest BCUT2D eigenvalue weighted by Gasteiger charge is 2.23. The van der Waals surface area contributed by atoms with Crippen LogP contribution in [-0.4, -0.2) is 39.3 Å². The van der Waals surface area contributed by atoms with Crippen molar-refractivity contribution in [2.75, 3.05) is 13.1 Å². The van der Waals surface area contributed by atoms with Gasteiger partial charge in [0.1, 0.15) is 0 Å². The van der Waals surface area contributed by atoms with E-state index in [4.69, 9.17) is 4.52 Å². The fourth-order valence-electron chi connectivity index (χ4n) is 2.62. The molecule has 3 heterocycles. The molecule has 1 saturated heterocycles. The molecule has 6 heteroatoms. The molecule has 0 bridgehead atoms. The van der Waals surface area contributed by atoms with Crippen molar-refractivity contribution in [2.45, 2.75) is 32.4 Å². The fraction of sp³-hybridized carbons (Fsp3) is 0.571. The maximum absolute atomic E-state index is 9.60. The molecule has 20 heavy (non-hydrogen) atoms. The average molecular weight is 293 g/mol. The van der Waals surface area contributed by atoms with Gasteiger partial charge in [-0.05, 0) is 50.2 Å². The minimum atomic E-state index is -0.201. The Hall–Kier alpha value is -1.24. The number of aromatic nitrogens is 2. The van der Waals surface area contributed by atoms with E-state index in [1.807, 2.05) is 23.8 Å². The fourth-order valence-corrected chi connectivity index (χ4v) is 3.24. The first kappa shape index (κ1) is 13.7. The molecule has 5 nitrogen and oxygen atoms in total. The van der Waals surface area contributed by atoms with Gasteiger partial charge in [-0.2, -0.15) is 16.3 Å². The standard InChI is InChI=1S/C14H19N3O2S/c1-10(18)11-2-5-17(6-3-11)8-13-15-14(19-16-13)12-4-7-20-9-12/h4,7,9-11,18H,2-3,5-6,8H2,1H3. The summed E-state index contributed by atoms with van der Waals surface area (Å²) < 4.78 is 5.29. The van der Waals surface area contributed by atoms with Crippen molar-refractivity contribution in [1.82, 2.24) is 15.0 Å². The van der Waals surface area contributed by atoms with Gasteiger partial charge < -0.3 is 9.63 Å². The Morgan fingerprint density at radius 2 is 2.30 bits per heavy atom. The van der Waals surface area contributed by atoms with Gasteiger partial charge in [0.25, 0.3) is 5.89 Å². The van der Waals surface area contributed by atoms with Gasteiger partial charge in [0.05, 0.1) is 18.2 Å². The van der Waals surface area contributed by atoms with E-state index in [9.17, 15) is 5.11 Å². The van der Waals surface area contributed by atoms with Crippen LogP contribution in [-0.2, 0) is 6.54 Å². The highest BCUT2D eigenvalue weighted by molar-refractivity contribution is 7.08. The molecule has 0 aromatic carbocycles. The molecule has 1 N–H and O–H groups in total. The lowest BCUT2D eigenvalue weighted by Gasteiger charge is -2.32. The van der Waals surface area contributed by atoms with Crippen molar-refractivity contribution in [2.24, 2.45) is 5.92 Å². The highest BCUT2D eigenvalue weighted by Crippen LogP contribution is 2.23. The van der Waals surface area contributed by atoms with Crippen LogP contribution in [0.5, 0.6) is 0 Å². The molecule has 0 radical (unpaired) electrons. The van der Waals surface area contributed by atoms with E-state index < -0.39 is 0 Å². The van der Waals surface area contributed by atoms with Crippen LogP contribution in [0.15, 0.2) is 21.3 Å². The summed E-state index contributed by atoms with van der Waals surface area (Å²) in [6.45, 7) is 4.57. The van der Waals surface area contributed by atoms with Gasteiger partial charge in [-0.1, -0.05) is 5.16 Å². The second-order valence-electron chi connectivity index (χ2n) is 5.38. The molecule has 108 valence electrons. The maximum atomic E-state index is 9.60.